The molecule has 74 valence electrons. The van der Waals surface area contributed by atoms with E-state index < -0.39 is 0 Å². The maximum atomic E-state index is 5.83. The Morgan fingerprint density at radius 3 is 3.07 bits per heavy atom. The lowest BCUT2D eigenvalue weighted by atomic mass is 10.4. The number of fused-ring (bicyclic) bond motifs is 1. The second kappa shape index (κ2) is 3.03. The van der Waals surface area contributed by atoms with Gasteiger partial charge in [0.2, 0.25) is 0 Å². The molecule has 0 saturated heterocycles. The third-order valence-corrected chi connectivity index (χ3v) is 2.95. The number of nitrogen functional groups attached to an aromatic ring is 1. The fraction of sp³-hybridized carbons (Fsp3) is 0. The van der Waals surface area contributed by atoms with Crippen molar-refractivity contribution in [2.75, 3.05) is 5.73 Å². The van der Waals surface area contributed by atoms with Crippen molar-refractivity contribution < 1.29 is 0 Å². The lowest BCUT2D eigenvalue weighted by Gasteiger charge is -2.01. The summed E-state index contributed by atoms with van der Waals surface area (Å²) < 4.78 is 2.51. The largest absolute Gasteiger partial charge is 0.382 e. The van der Waals surface area contributed by atoms with Crippen LogP contribution in [0, 0.1) is 0 Å². The topological polar surface area (TPSA) is 69.6 Å². The van der Waals surface area contributed by atoms with Crippen LogP contribution in [-0.4, -0.2) is 19.7 Å². The maximum absolute atomic E-state index is 5.83. The van der Waals surface area contributed by atoms with Gasteiger partial charge >= 0.3 is 0 Å². The highest BCUT2D eigenvalue weighted by Gasteiger charge is 2.07. The molecule has 5 nitrogen and oxygen atoms in total. The fourth-order valence-corrected chi connectivity index (χ4v) is 2.10. The molecule has 0 aliphatic carbocycles. The molecule has 3 heterocycles. The molecule has 0 spiro atoms. The Morgan fingerprint density at radius 1 is 1.33 bits per heavy atom. The molecule has 3 aromatic heterocycles. The van der Waals surface area contributed by atoms with E-state index in [9.17, 15) is 0 Å². The van der Waals surface area contributed by atoms with Crippen LogP contribution in [0.25, 0.3) is 16.2 Å². The molecular formula is C9H7N5S. The fourth-order valence-electron chi connectivity index (χ4n) is 1.36. The van der Waals surface area contributed by atoms with Crippen LogP contribution < -0.4 is 5.73 Å². The zero-order chi connectivity index (χ0) is 10.3. The number of aromatic nitrogens is 4. The zero-order valence-electron chi connectivity index (χ0n) is 7.66. The van der Waals surface area contributed by atoms with Crippen molar-refractivity contribution in [1.82, 2.24) is 19.7 Å². The van der Waals surface area contributed by atoms with Gasteiger partial charge in [0, 0.05) is 12.4 Å². The number of anilines is 1. The van der Waals surface area contributed by atoms with Crippen molar-refractivity contribution in [3.05, 3.63) is 29.9 Å². The van der Waals surface area contributed by atoms with Gasteiger partial charge < -0.3 is 5.73 Å². The molecule has 0 saturated carbocycles. The van der Waals surface area contributed by atoms with Crippen LogP contribution >= 0.6 is 11.3 Å². The molecule has 6 heteroatoms. The summed E-state index contributed by atoms with van der Waals surface area (Å²) in [6.45, 7) is 0. The van der Waals surface area contributed by atoms with E-state index in [4.69, 9.17) is 5.73 Å². The van der Waals surface area contributed by atoms with Crippen LogP contribution in [0.2, 0.25) is 0 Å². The first-order valence-corrected chi connectivity index (χ1v) is 5.23. The molecule has 0 radical (unpaired) electrons. The average molecular weight is 217 g/mol. The van der Waals surface area contributed by atoms with Gasteiger partial charge in [-0.2, -0.15) is 10.1 Å². The molecule has 0 aliphatic rings. The Bertz CT molecular complexity index is 598. The van der Waals surface area contributed by atoms with Crippen molar-refractivity contribution in [3.8, 4) is 5.95 Å². The van der Waals surface area contributed by atoms with Crippen LogP contribution in [0.3, 0.4) is 0 Å². The number of hydrogen-bond acceptors (Lipinski definition) is 5. The summed E-state index contributed by atoms with van der Waals surface area (Å²) in [5.41, 5.74) is 6.69. The van der Waals surface area contributed by atoms with Gasteiger partial charge in [0.05, 0.1) is 10.2 Å². The van der Waals surface area contributed by atoms with Gasteiger partial charge in [0.15, 0.2) is 0 Å². The van der Waals surface area contributed by atoms with Crippen LogP contribution in [0.4, 0.5) is 5.82 Å². The van der Waals surface area contributed by atoms with E-state index in [1.165, 1.54) is 0 Å². The van der Waals surface area contributed by atoms with Gasteiger partial charge in [-0.3, -0.25) is 0 Å². The summed E-state index contributed by atoms with van der Waals surface area (Å²) in [6.07, 6.45) is 3.46. The van der Waals surface area contributed by atoms with Gasteiger partial charge in [0.1, 0.15) is 5.82 Å². The maximum Gasteiger partial charge on any atom is 0.253 e. The lowest BCUT2D eigenvalue weighted by Crippen LogP contribution is -2.03. The van der Waals surface area contributed by atoms with Crippen molar-refractivity contribution in [3.63, 3.8) is 0 Å². The third kappa shape index (κ3) is 1.26. The van der Waals surface area contributed by atoms with E-state index >= 15 is 0 Å². The molecule has 0 atom stereocenters. The number of nitrogens with two attached hydrogens (primary N) is 1. The summed E-state index contributed by atoms with van der Waals surface area (Å²) in [7, 11) is 0. The molecule has 15 heavy (non-hydrogen) atoms. The van der Waals surface area contributed by atoms with E-state index in [1.807, 2.05) is 17.5 Å². The van der Waals surface area contributed by atoms with Gasteiger partial charge in [-0.25, -0.2) is 9.67 Å². The Kier molecular flexibility index (Phi) is 1.69. The van der Waals surface area contributed by atoms with Crippen molar-refractivity contribution >= 4 is 27.4 Å². The SMILES string of the molecule is Nc1nc(-n2cccn2)nc2ccsc12. The minimum Gasteiger partial charge on any atom is -0.382 e. The van der Waals surface area contributed by atoms with Gasteiger partial charge in [-0.05, 0) is 17.5 Å². The molecule has 2 N–H and O–H groups in total. The van der Waals surface area contributed by atoms with E-state index in [1.54, 1.807) is 28.4 Å². The van der Waals surface area contributed by atoms with Crippen LogP contribution in [0.15, 0.2) is 29.9 Å². The number of rotatable bonds is 1. The van der Waals surface area contributed by atoms with Gasteiger partial charge in [-0.15, -0.1) is 11.3 Å². The summed E-state index contributed by atoms with van der Waals surface area (Å²) in [5.74, 6) is 1.00. The standard InChI is InChI=1S/C9H7N5S/c10-8-7-6(2-5-15-7)12-9(13-8)14-4-1-3-11-14/h1-5H,(H2,10,12,13). The quantitative estimate of drug-likeness (QED) is 0.670. The first kappa shape index (κ1) is 8.37. The summed E-state index contributed by atoms with van der Waals surface area (Å²) in [4.78, 5) is 8.55. The Labute approximate surface area is 89.2 Å². The predicted molar refractivity (Wildman–Crippen MR) is 58.9 cm³/mol. The molecule has 0 aliphatic heterocycles. The zero-order valence-corrected chi connectivity index (χ0v) is 8.48. The summed E-state index contributed by atoms with van der Waals surface area (Å²) in [6, 6.07) is 3.74. The first-order chi connectivity index (χ1) is 7.34. The van der Waals surface area contributed by atoms with Crippen LogP contribution in [0.5, 0.6) is 0 Å². The van der Waals surface area contributed by atoms with E-state index in [0.717, 1.165) is 10.2 Å². The highest BCUT2D eigenvalue weighted by Crippen LogP contribution is 2.24. The van der Waals surface area contributed by atoms with Gasteiger partial charge in [0.25, 0.3) is 5.95 Å². The highest BCUT2D eigenvalue weighted by atomic mass is 32.1. The second-order valence-electron chi connectivity index (χ2n) is 2.99. The summed E-state index contributed by atoms with van der Waals surface area (Å²) in [5, 5.41) is 6.01. The molecule has 3 aromatic rings. The van der Waals surface area contributed by atoms with Crippen LogP contribution in [-0.2, 0) is 0 Å². The molecule has 0 amide bonds. The predicted octanol–water partition coefficient (Wildman–Crippen LogP) is 1.46. The molecule has 0 aromatic carbocycles. The Balaban J connectivity index is 2.29. The smallest absolute Gasteiger partial charge is 0.253 e. The minimum absolute atomic E-state index is 0.500. The average Bonchev–Trinajstić information content (AvgIpc) is 2.88. The number of hydrogen-bond donors (Lipinski definition) is 1. The third-order valence-electron chi connectivity index (χ3n) is 2.03. The minimum atomic E-state index is 0.500. The first-order valence-electron chi connectivity index (χ1n) is 4.35. The highest BCUT2D eigenvalue weighted by molar-refractivity contribution is 7.17. The van der Waals surface area contributed by atoms with Crippen molar-refractivity contribution in [1.29, 1.82) is 0 Å². The molecule has 0 bridgehead atoms. The summed E-state index contributed by atoms with van der Waals surface area (Å²) >= 11 is 1.54. The monoisotopic (exact) mass is 217 g/mol. The molecule has 0 fully saturated rings. The van der Waals surface area contributed by atoms with E-state index in [2.05, 4.69) is 15.1 Å². The molecule has 3 rings (SSSR count). The Hall–Kier alpha value is -1.95. The second-order valence-corrected chi connectivity index (χ2v) is 3.91. The van der Waals surface area contributed by atoms with E-state index in [0.29, 0.717) is 11.8 Å². The normalized spacial score (nSPS) is 10.9. The van der Waals surface area contributed by atoms with E-state index in [-0.39, 0.29) is 0 Å². The lowest BCUT2D eigenvalue weighted by molar-refractivity contribution is 0.818. The number of nitrogens with zero attached hydrogens (tertiary/aromatic N) is 4. The van der Waals surface area contributed by atoms with Crippen molar-refractivity contribution in [2.24, 2.45) is 0 Å². The van der Waals surface area contributed by atoms with Crippen molar-refractivity contribution in [2.45, 2.75) is 0 Å². The van der Waals surface area contributed by atoms with Gasteiger partial charge in [-0.1, -0.05) is 0 Å². The molecular weight excluding hydrogens is 210 g/mol. The van der Waals surface area contributed by atoms with Crippen LogP contribution in [0.1, 0.15) is 0 Å². The molecule has 0 unspecified atom stereocenters. The number of thiophene rings is 1. The Morgan fingerprint density at radius 2 is 2.27 bits per heavy atom.